The number of cyclic esters (lactones) is 1. The van der Waals surface area contributed by atoms with Gasteiger partial charge in [-0.3, -0.25) is 0 Å². The van der Waals surface area contributed by atoms with Crippen LogP contribution in [0.3, 0.4) is 0 Å². The van der Waals surface area contributed by atoms with Crippen molar-refractivity contribution in [3.8, 4) is 22.5 Å². The zero-order chi connectivity index (χ0) is 38.3. The number of para-hydroxylation sites is 2. The fourth-order valence-electron chi connectivity index (χ4n) is 9.39. The van der Waals surface area contributed by atoms with Gasteiger partial charge in [0.05, 0.1) is 17.0 Å². The van der Waals surface area contributed by atoms with E-state index in [2.05, 4.69) is 144 Å². The van der Waals surface area contributed by atoms with Crippen LogP contribution in [0.2, 0.25) is 0 Å². The van der Waals surface area contributed by atoms with E-state index in [0.717, 1.165) is 75.9 Å². The van der Waals surface area contributed by atoms with Crippen LogP contribution in [0.5, 0.6) is 0 Å². The first-order valence-corrected chi connectivity index (χ1v) is 21.4. The number of ether oxygens (including phenoxy) is 1. The molecule has 0 N–H and O–H groups in total. The molecule has 0 amide bonds. The highest BCUT2D eigenvalue weighted by Gasteiger charge is 2.54. The predicted octanol–water partition coefficient (Wildman–Crippen LogP) is 14.1. The van der Waals surface area contributed by atoms with E-state index in [9.17, 15) is 4.79 Å². The Kier molecular flexibility index (Phi) is 11.5. The molecule has 0 unspecified atom stereocenters. The minimum absolute atomic E-state index is 0.279. The maximum atomic E-state index is 14.6. The largest absolute Gasteiger partial charge is 0.440 e. The van der Waals surface area contributed by atoms with Gasteiger partial charge in [0, 0.05) is 51.6 Å². The van der Waals surface area contributed by atoms with Crippen molar-refractivity contribution in [1.29, 1.82) is 0 Å². The average Bonchev–Trinajstić information content (AvgIpc) is 3.87. The highest BCUT2D eigenvalue weighted by molar-refractivity contribution is 6.05. The molecule has 4 nitrogen and oxygen atoms in total. The Labute approximate surface area is 333 Å². The minimum Gasteiger partial charge on any atom is -0.440 e. The summed E-state index contributed by atoms with van der Waals surface area (Å²) in [6.45, 7) is 6.32. The topological polar surface area (TPSA) is 36.2 Å². The van der Waals surface area contributed by atoms with Crippen molar-refractivity contribution in [2.24, 2.45) is 0 Å². The molecular weight excluding hydrogens is 685 g/mol. The van der Waals surface area contributed by atoms with Crippen molar-refractivity contribution in [3.63, 3.8) is 0 Å². The first-order chi connectivity index (χ1) is 27.7. The van der Waals surface area contributed by atoms with Crippen LogP contribution < -0.4 is 0 Å². The van der Waals surface area contributed by atoms with Gasteiger partial charge in [-0.05, 0) is 42.2 Å². The number of nitrogens with zero attached hydrogens (tertiary/aromatic N) is 2. The Hall–Kier alpha value is -5.35. The van der Waals surface area contributed by atoms with Gasteiger partial charge in [0.25, 0.3) is 0 Å². The fourth-order valence-corrected chi connectivity index (χ4v) is 9.39. The third-order valence-electron chi connectivity index (χ3n) is 12.0. The first-order valence-electron chi connectivity index (χ1n) is 21.4. The van der Waals surface area contributed by atoms with Gasteiger partial charge < -0.3 is 13.9 Å². The van der Waals surface area contributed by atoms with Crippen LogP contribution in [0.1, 0.15) is 118 Å². The zero-order valence-corrected chi connectivity index (χ0v) is 33.3. The van der Waals surface area contributed by atoms with Crippen LogP contribution in [-0.4, -0.2) is 15.1 Å². The third kappa shape index (κ3) is 6.89. The molecule has 4 heteroatoms. The second-order valence-electron chi connectivity index (χ2n) is 15.7. The number of benzene rings is 5. The molecule has 1 aliphatic heterocycles. The number of aromatic nitrogens is 2. The van der Waals surface area contributed by atoms with E-state index in [4.69, 9.17) is 4.74 Å². The molecule has 7 aromatic rings. The third-order valence-corrected chi connectivity index (χ3v) is 12.0. The van der Waals surface area contributed by atoms with E-state index in [1.54, 1.807) is 0 Å². The van der Waals surface area contributed by atoms with Crippen LogP contribution in [0.25, 0.3) is 44.3 Å². The van der Waals surface area contributed by atoms with Gasteiger partial charge in [0.15, 0.2) is 5.60 Å². The molecule has 0 fully saturated rings. The van der Waals surface area contributed by atoms with E-state index >= 15 is 0 Å². The van der Waals surface area contributed by atoms with Crippen LogP contribution in [0, 0.1) is 0 Å². The summed E-state index contributed by atoms with van der Waals surface area (Å²) in [4.78, 5) is 14.6. The summed E-state index contributed by atoms with van der Waals surface area (Å²) in [6, 6.07) is 47.4. The molecule has 0 spiro atoms. The smallest absolute Gasteiger partial charge is 0.340 e. The van der Waals surface area contributed by atoms with Gasteiger partial charge in [-0.1, -0.05) is 193 Å². The molecular formula is C52H56N2O2. The molecule has 0 bridgehead atoms. The lowest BCUT2D eigenvalue weighted by Gasteiger charge is -2.32. The molecule has 0 atom stereocenters. The van der Waals surface area contributed by atoms with Gasteiger partial charge in [0.1, 0.15) is 0 Å². The van der Waals surface area contributed by atoms with Crippen molar-refractivity contribution in [3.05, 3.63) is 156 Å². The van der Waals surface area contributed by atoms with Gasteiger partial charge in [-0.2, -0.15) is 0 Å². The summed E-state index contributed by atoms with van der Waals surface area (Å²) < 4.78 is 12.3. The average molecular weight is 741 g/mol. The molecule has 8 rings (SSSR count). The maximum absolute atomic E-state index is 14.6. The van der Waals surface area contributed by atoms with E-state index < -0.39 is 5.60 Å². The number of hydrogen-bond acceptors (Lipinski definition) is 2. The monoisotopic (exact) mass is 740 g/mol. The Morgan fingerprint density at radius 2 is 0.875 bits per heavy atom. The highest BCUT2D eigenvalue weighted by Crippen LogP contribution is 2.57. The molecule has 1 aliphatic rings. The fraction of sp³-hybridized carbons (Fsp3) is 0.327. The number of carbonyl (C=O) groups excluding carboxylic acids is 1. The lowest BCUT2D eigenvalue weighted by molar-refractivity contribution is 0.0262. The number of unbranched alkanes of at least 4 members (excludes halogenated alkanes) is 10. The second-order valence-corrected chi connectivity index (χ2v) is 15.7. The Morgan fingerprint density at radius 1 is 0.464 bits per heavy atom. The number of carbonyl (C=O) groups is 1. The predicted molar refractivity (Wildman–Crippen MR) is 233 cm³/mol. The lowest BCUT2D eigenvalue weighted by Crippen LogP contribution is -2.31. The first kappa shape index (κ1) is 37.6. The maximum Gasteiger partial charge on any atom is 0.340 e. The van der Waals surface area contributed by atoms with Gasteiger partial charge >= 0.3 is 5.97 Å². The molecule has 56 heavy (non-hydrogen) atoms. The summed E-state index contributed by atoms with van der Waals surface area (Å²) in [6.07, 6.45) is 14.6. The molecule has 286 valence electrons. The summed E-state index contributed by atoms with van der Waals surface area (Å²) in [7, 11) is 0. The lowest BCUT2D eigenvalue weighted by atomic mass is 9.75. The normalized spacial score (nSPS) is 13.4. The van der Waals surface area contributed by atoms with Crippen molar-refractivity contribution >= 4 is 27.8 Å². The van der Waals surface area contributed by atoms with Crippen LogP contribution >= 0.6 is 0 Å². The second kappa shape index (κ2) is 17.2. The van der Waals surface area contributed by atoms with Crippen LogP contribution in [-0.2, 0) is 23.4 Å². The summed E-state index contributed by atoms with van der Waals surface area (Å²) in [5, 5.41) is 2.24. The molecule has 0 radical (unpaired) electrons. The SMILES string of the molecule is CCCCCCCCn1c(-c2ccccc2)c(C2(c3c(-c4ccccc4)n(CCCCCCCC)c4ccccc34)OC(=O)c3ccccc32)c2ccccc21. The summed E-state index contributed by atoms with van der Waals surface area (Å²) >= 11 is 0. The van der Waals surface area contributed by atoms with Crippen molar-refractivity contribution in [1.82, 2.24) is 9.13 Å². The van der Waals surface area contributed by atoms with Crippen LogP contribution in [0.4, 0.5) is 0 Å². The van der Waals surface area contributed by atoms with E-state index in [0.29, 0.717) is 5.56 Å². The molecule has 0 saturated carbocycles. The van der Waals surface area contributed by atoms with Crippen molar-refractivity contribution < 1.29 is 9.53 Å². The molecule has 5 aromatic carbocycles. The van der Waals surface area contributed by atoms with Gasteiger partial charge in [-0.15, -0.1) is 0 Å². The molecule has 2 aromatic heterocycles. The number of rotatable bonds is 18. The molecule has 0 saturated heterocycles. The van der Waals surface area contributed by atoms with Crippen LogP contribution in [0.15, 0.2) is 133 Å². The van der Waals surface area contributed by atoms with Crippen molar-refractivity contribution in [2.75, 3.05) is 0 Å². The molecule has 3 heterocycles. The van der Waals surface area contributed by atoms with E-state index in [-0.39, 0.29) is 5.97 Å². The Bertz CT molecular complexity index is 2260. The number of hydrogen-bond donors (Lipinski definition) is 0. The minimum atomic E-state index is -1.23. The highest BCUT2D eigenvalue weighted by atomic mass is 16.6. The zero-order valence-electron chi connectivity index (χ0n) is 33.3. The number of aryl methyl sites for hydroxylation is 2. The Morgan fingerprint density at radius 3 is 1.38 bits per heavy atom. The van der Waals surface area contributed by atoms with Gasteiger partial charge in [-0.25, -0.2) is 4.79 Å². The quantitative estimate of drug-likeness (QED) is 0.0649. The van der Waals surface area contributed by atoms with E-state index in [1.807, 2.05) is 12.1 Å². The summed E-state index contributed by atoms with van der Waals surface area (Å²) in [5.41, 5.74) is 9.24. The number of esters is 1. The van der Waals surface area contributed by atoms with Crippen molar-refractivity contribution in [2.45, 2.75) is 110 Å². The number of fused-ring (bicyclic) bond motifs is 3. The Balaban J connectivity index is 1.45. The summed E-state index contributed by atoms with van der Waals surface area (Å²) in [5.74, 6) is -0.279. The van der Waals surface area contributed by atoms with Gasteiger partial charge in [0.2, 0.25) is 0 Å². The standard InChI is InChI=1S/C52H56N2O2/c1-3-5-7-9-11-25-37-53-45-35-23-20-32-42(45)47(49(53)39-27-15-13-16-28-39)52(44-34-22-19-31-41(44)51(55)56-52)48-43-33-21-24-36-46(43)54(38-26-12-10-8-6-4-2)50(48)40-29-17-14-18-30-40/h13-24,27-36H,3-12,25-26,37-38H2,1-2H3. The van der Waals surface area contributed by atoms with E-state index in [1.165, 1.54) is 75.2 Å². The molecule has 0 aliphatic carbocycles.